The normalized spacial score (nSPS) is 10.6. The zero-order valence-electron chi connectivity index (χ0n) is 12.7. The summed E-state index contributed by atoms with van der Waals surface area (Å²) < 4.78 is 5.95. The van der Waals surface area contributed by atoms with Crippen molar-refractivity contribution in [2.24, 2.45) is 0 Å². The zero-order valence-corrected chi connectivity index (χ0v) is 12.7. The lowest BCUT2D eigenvalue weighted by molar-refractivity contribution is 0.304. The van der Waals surface area contributed by atoms with Crippen LogP contribution < -0.4 is 4.74 Å². The maximum absolute atomic E-state index is 5.95. The Morgan fingerprint density at radius 3 is 2.55 bits per heavy atom. The zero-order chi connectivity index (χ0) is 15.4. The number of tetrazole rings is 1. The van der Waals surface area contributed by atoms with Crippen LogP contribution in [0.25, 0.3) is 0 Å². The standard InChI is InChI=1S/C17H18N4O/c1-12-5-3-6-13(2)16(12)11-22-15-8-4-7-14(9-15)10-17-18-20-21-19-17/h3-9H,10-11H2,1-2H3,(H,18,19,20,21). The molecular formula is C17H18N4O. The summed E-state index contributed by atoms with van der Waals surface area (Å²) >= 11 is 0. The molecule has 1 heterocycles. The van der Waals surface area contributed by atoms with Crippen LogP contribution in [0.3, 0.4) is 0 Å². The molecule has 0 atom stereocenters. The third-order valence-electron chi connectivity index (χ3n) is 3.68. The molecule has 0 fully saturated rings. The fourth-order valence-electron chi connectivity index (χ4n) is 2.42. The largest absolute Gasteiger partial charge is 0.489 e. The lowest BCUT2D eigenvalue weighted by Crippen LogP contribution is -2.01. The van der Waals surface area contributed by atoms with Crippen molar-refractivity contribution in [3.05, 3.63) is 70.5 Å². The maximum Gasteiger partial charge on any atom is 0.178 e. The smallest absolute Gasteiger partial charge is 0.178 e. The summed E-state index contributed by atoms with van der Waals surface area (Å²) in [5, 5.41) is 14.0. The molecule has 2 aromatic carbocycles. The number of nitrogens with one attached hydrogen (secondary N) is 1. The summed E-state index contributed by atoms with van der Waals surface area (Å²) in [6.07, 6.45) is 0.636. The number of aromatic nitrogens is 4. The van der Waals surface area contributed by atoms with Gasteiger partial charge in [-0.05, 0) is 48.2 Å². The predicted octanol–water partition coefficient (Wildman–Crippen LogP) is 2.99. The summed E-state index contributed by atoms with van der Waals surface area (Å²) in [5.41, 5.74) is 4.84. The Kier molecular flexibility index (Phi) is 4.14. The molecule has 0 aliphatic heterocycles. The average Bonchev–Trinajstić information content (AvgIpc) is 3.00. The molecule has 0 radical (unpaired) electrons. The van der Waals surface area contributed by atoms with E-state index in [0.29, 0.717) is 18.9 Å². The molecule has 0 unspecified atom stereocenters. The summed E-state index contributed by atoms with van der Waals surface area (Å²) in [6.45, 7) is 4.79. The predicted molar refractivity (Wildman–Crippen MR) is 83.7 cm³/mol. The van der Waals surface area contributed by atoms with E-state index in [1.807, 2.05) is 24.3 Å². The third kappa shape index (κ3) is 3.31. The van der Waals surface area contributed by atoms with Crippen molar-refractivity contribution in [3.8, 4) is 5.75 Å². The number of H-pyrrole nitrogens is 1. The van der Waals surface area contributed by atoms with Gasteiger partial charge in [0.2, 0.25) is 0 Å². The highest BCUT2D eigenvalue weighted by Gasteiger charge is 2.05. The third-order valence-corrected chi connectivity index (χ3v) is 3.68. The highest BCUT2D eigenvalue weighted by atomic mass is 16.5. The van der Waals surface area contributed by atoms with E-state index >= 15 is 0 Å². The number of nitrogens with zero attached hydrogens (tertiary/aromatic N) is 3. The van der Waals surface area contributed by atoms with Crippen LogP contribution in [0.15, 0.2) is 42.5 Å². The number of hydrogen-bond acceptors (Lipinski definition) is 4. The van der Waals surface area contributed by atoms with Crippen LogP contribution in [0.2, 0.25) is 0 Å². The first-order chi connectivity index (χ1) is 10.7. The Balaban J connectivity index is 1.70. The second-order valence-corrected chi connectivity index (χ2v) is 5.31. The van der Waals surface area contributed by atoms with Gasteiger partial charge in [0.15, 0.2) is 5.82 Å². The van der Waals surface area contributed by atoms with Gasteiger partial charge in [-0.15, -0.1) is 10.2 Å². The molecule has 0 aliphatic rings. The Hall–Kier alpha value is -2.69. The van der Waals surface area contributed by atoms with Crippen LogP contribution in [0.5, 0.6) is 5.75 Å². The molecule has 0 bridgehead atoms. The molecule has 1 N–H and O–H groups in total. The first-order valence-electron chi connectivity index (χ1n) is 7.21. The van der Waals surface area contributed by atoms with E-state index in [4.69, 9.17) is 4.74 Å². The van der Waals surface area contributed by atoms with Crippen molar-refractivity contribution in [2.45, 2.75) is 26.9 Å². The molecule has 0 saturated carbocycles. The van der Waals surface area contributed by atoms with Crippen molar-refractivity contribution in [2.75, 3.05) is 0 Å². The number of hydrogen-bond donors (Lipinski definition) is 1. The number of benzene rings is 2. The molecule has 5 nitrogen and oxygen atoms in total. The van der Waals surface area contributed by atoms with E-state index in [9.17, 15) is 0 Å². The van der Waals surface area contributed by atoms with Gasteiger partial charge in [0, 0.05) is 6.42 Å². The SMILES string of the molecule is Cc1cccc(C)c1COc1cccc(Cc2nn[nH]n2)c1. The van der Waals surface area contributed by atoms with Gasteiger partial charge in [0.05, 0.1) is 0 Å². The number of rotatable bonds is 5. The van der Waals surface area contributed by atoms with Crippen molar-refractivity contribution < 1.29 is 4.74 Å². The fourth-order valence-corrected chi connectivity index (χ4v) is 2.42. The number of ether oxygens (including phenoxy) is 1. The van der Waals surface area contributed by atoms with E-state index < -0.39 is 0 Å². The second kappa shape index (κ2) is 6.39. The van der Waals surface area contributed by atoms with Gasteiger partial charge in [-0.2, -0.15) is 5.21 Å². The molecule has 3 aromatic rings. The summed E-state index contributed by atoms with van der Waals surface area (Å²) in [5.74, 6) is 1.52. The molecule has 22 heavy (non-hydrogen) atoms. The average molecular weight is 294 g/mol. The van der Waals surface area contributed by atoms with Gasteiger partial charge in [0.1, 0.15) is 12.4 Å². The van der Waals surface area contributed by atoms with E-state index in [1.54, 1.807) is 0 Å². The minimum Gasteiger partial charge on any atom is -0.489 e. The van der Waals surface area contributed by atoms with Gasteiger partial charge in [0.25, 0.3) is 0 Å². The molecule has 112 valence electrons. The monoisotopic (exact) mass is 294 g/mol. The Morgan fingerprint density at radius 2 is 1.82 bits per heavy atom. The first kappa shape index (κ1) is 14.3. The number of aromatic amines is 1. The van der Waals surface area contributed by atoms with Crippen LogP contribution >= 0.6 is 0 Å². The highest BCUT2D eigenvalue weighted by Crippen LogP contribution is 2.19. The van der Waals surface area contributed by atoms with Crippen LogP contribution in [-0.4, -0.2) is 20.6 Å². The van der Waals surface area contributed by atoms with E-state index in [0.717, 1.165) is 11.3 Å². The molecule has 0 aliphatic carbocycles. The summed E-state index contributed by atoms with van der Waals surface area (Å²) in [4.78, 5) is 0. The van der Waals surface area contributed by atoms with Crippen LogP contribution in [-0.2, 0) is 13.0 Å². The molecule has 0 saturated heterocycles. The molecule has 0 amide bonds. The molecule has 1 aromatic heterocycles. The summed E-state index contributed by atoms with van der Waals surface area (Å²) in [7, 11) is 0. The molecular weight excluding hydrogens is 276 g/mol. The summed E-state index contributed by atoms with van der Waals surface area (Å²) in [6, 6.07) is 14.3. The van der Waals surface area contributed by atoms with E-state index in [1.165, 1.54) is 16.7 Å². The van der Waals surface area contributed by atoms with Gasteiger partial charge in [-0.25, -0.2) is 0 Å². The minimum absolute atomic E-state index is 0.574. The van der Waals surface area contributed by atoms with Crippen LogP contribution in [0.4, 0.5) is 0 Å². The fraction of sp³-hybridized carbons (Fsp3) is 0.235. The first-order valence-corrected chi connectivity index (χ1v) is 7.21. The second-order valence-electron chi connectivity index (χ2n) is 5.31. The van der Waals surface area contributed by atoms with Gasteiger partial charge < -0.3 is 4.74 Å². The van der Waals surface area contributed by atoms with E-state index in [-0.39, 0.29) is 0 Å². The Morgan fingerprint density at radius 1 is 1.05 bits per heavy atom. The van der Waals surface area contributed by atoms with Gasteiger partial charge in [-0.3, -0.25) is 0 Å². The maximum atomic E-state index is 5.95. The quantitative estimate of drug-likeness (QED) is 0.785. The van der Waals surface area contributed by atoms with Crippen molar-refractivity contribution in [3.63, 3.8) is 0 Å². The molecule has 0 spiro atoms. The molecule has 3 rings (SSSR count). The van der Waals surface area contributed by atoms with E-state index in [2.05, 4.69) is 52.7 Å². The number of aryl methyl sites for hydroxylation is 2. The van der Waals surface area contributed by atoms with Crippen molar-refractivity contribution in [1.29, 1.82) is 0 Å². The minimum atomic E-state index is 0.574. The highest BCUT2D eigenvalue weighted by molar-refractivity contribution is 5.34. The molecule has 5 heteroatoms. The van der Waals surface area contributed by atoms with Crippen LogP contribution in [0.1, 0.15) is 28.1 Å². The Bertz CT molecular complexity index is 733. The topological polar surface area (TPSA) is 63.7 Å². The lowest BCUT2D eigenvalue weighted by Gasteiger charge is -2.12. The van der Waals surface area contributed by atoms with Crippen molar-refractivity contribution >= 4 is 0 Å². The van der Waals surface area contributed by atoms with Crippen LogP contribution in [0, 0.1) is 13.8 Å². The Labute approximate surface area is 129 Å². The van der Waals surface area contributed by atoms with Crippen molar-refractivity contribution in [1.82, 2.24) is 20.6 Å². The van der Waals surface area contributed by atoms with Gasteiger partial charge >= 0.3 is 0 Å². The lowest BCUT2D eigenvalue weighted by atomic mass is 10.0. The van der Waals surface area contributed by atoms with Gasteiger partial charge in [-0.1, -0.05) is 35.5 Å².